The Bertz CT molecular complexity index is 299. The third-order valence-corrected chi connectivity index (χ3v) is 1.76. The van der Waals surface area contributed by atoms with Crippen molar-refractivity contribution in [3.8, 4) is 5.88 Å². The van der Waals surface area contributed by atoms with Crippen LogP contribution in [-0.2, 0) is 0 Å². The van der Waals surface area contributed by atoms with Crippen LogP contribution in [0.3, 0.4) is 0 Å². The Kier molecular flexibility index (Phi) is 1.72. The van der Waals surface area contributed by atoms with Gasteiger partial charge in [-0.1, -0.05) is 0 Å². The zero-order valence-electron chi connectivity index (χ0n) is 6.86. The maximum Gasteiger partial charge on any atom is 0.192 e. The number of aromatic amines is 1. The summed E-state index contributed by atoms with van der Waals surface area (Å²) in [6, 6.07) is 0. The molecule has 0 aliphatic heterocycles. The number of aromatic nitrogens is 1. The minimum absolute atomic E-state index is 0.0171. The quantitative estimate of drug-likeness (QED) is 0.601. The Labute approximate surface area is 65.1 Å². The van der Waals surface area contributed by atoms with E-state index >= 15 is 0 Å². The van der Waals surface area contributed by atoms with E-state index in [0.717, 1.165) is 5.69 Å². The fourth-order valence-electron chi connectivity index (χ4n) is 1.26. The summed E-state index contributed by atoms with van der Waals surface area (Å²) in [6.07, 6.45) is 0. The molecule has 0 unspecified atom stereocenters. The van der Waals surface area contributed by atoms with Crippen molar-refractivity contribution in [2.24, 2.45) is 0 Å². The van der Waals surface area contributed by atoms with Gasteiger partial charge < -0.3 is 10.1 Å². The van der Waals surface area contributed by atoms with Gasteiger partial charge in [0.25, 0.3) is 0 Å². The molecule has 3 heteroatoms. The summed E-state index contributed by atoms with van der Waals surface area (Å²) in [6.45, 7) is 4.97. The topological polar surface area (TPSA) is 53.1 Å². The van der Waals surface area contributed by atoms with Crippen LogP contribution in [0.2, 0.25) is 0 Å². The van der Waals surface area contributed by atoms with Crippen LogP contribution < -0.4 is 0 Å². The molecule has 3 nitrogen and oxygen atoms in total. The first kappa shape index (κ1) is 7.85. The SMILES string of the molecule is CC(=O)c1c(C)[nH]c(O)c1C. The summed E-state index contributed by atoms with van der Waals surface area (Å²) < 4.78 is 0. The van der Waals surface area contributed by atoms with Gasteiger partial charge in [-0.25, -0.2) is 0 Å². The predicted molar refractivity (Wildman–Crippen MR) is 41.9 cm³/mol. The molecule has 1 aromatic rings. The van der Waals surface area contributed by atoms with Crippen LogP contribution >= 0.6 is 0 Å². The molecule has 0 bridgehead atoms. The minimum Gasteiger partial charge on any atom is -0.494 e. The van der Waals surface area contributed by atoms with E-state index in [1.165, 1.54) is 6.92 Å². The first-order valence-corrected chi connectivity index (χ1v) is 3.43. The van der Waals surface area contributed by atoms with E-state index in [0.29, 0.717) is 11.1 Å². The number of H-pyrrole nitrogens is 1. The van der Waals surface area contributed by atoms with Gasteiger partial charge in [-0.2, -0.15) is 0 Å². The van der Waals surface area contributed by atoms with E-state index in [-0.39, 0.29) is 11.7 Å². The van der Waals surface area contributed by atoms with Crippen molar-refractivity contribution in [1.82, 2.24) is 4.98 Å². The average molecular weight is 153 g/mol. The standard InChI is InChI=1S/C8H11NO2/c1-4-7(6(3)10)5(2)9-8(4)11/h9,11H,1-3H3. The summed E-state index contributed by atoms with van der Waals surface area (Å²) >= 11 is 0. The summed E-state index contributed by atoms with van der Waals surface area (Å²) in [4.78, 5) is 13.7. The van der Waals surface area contributed by atoms with Gasteiger partial charge in [0, 0.05) is 16.8 Å². The van der Waals surface area contributed by atoms with Gasteiger partial charge in [-0.3, -0.25) is 4.79 Å². The van der Waals surface area contributed by atoms with Crippen LogP contribution in [-0.4, -0.2) is 15.9 Å². The highest BCUT2D eigenvalue weighted by atomic mass is 16.3. The molecule has 0 atom stereocenters. The Morgan fingerprint density at radius 1 is 1.45 bits per heavy atom. The molecule has 0 spiro atoms. The molecule has 0 aliphatic rings. The molecular formula is C8H11NO2. The van der Waals surface area contributed by atoms with E-state index in [2.05, 4.69) is 4.98 Å². The molecule has 2 N–H and O–H groups in total. The number of aromatic hydroxyl groups is 1. The molecule has 60 valence electrons. The second-order valence-corrected chi connectivity index (χ2v) is 2.65. The van der Waals surface area contributed by atoms with Gasteiger partial charge in [0.05, 0.1) is 0 Å². The molecule has 0 fully saturated rings. The van der Waals surface area contributed by atoms with Crippen molar-refractivity contribution in [2.75, 3.05) is 0 Å². The highest BCUT2D eigenvalue weighted by molar-refractivity contribution is 5.97. The molecule has 0 saturated heterocycles. The number of hydrogen-bond donors (Lipinski definition) is 2. The van der Waals surface area contributed by atoms with Crippen LogP contribution in [0.25, 0.3) is 0 Å². The fraction of sp³-hybridized carbons (Fsp3) is 0.375. The van der Waals surface area contributed by atoms with Crippen molar-refractivity contribution in [2.45, 2.75) is 20.8 Å². The molecule has 0 aromatic carbocycles. The van der Waals surface area contributed by atoms with Gasteiger partial charge in [0.15, 0.2) is 11.7 Å². The number of carbonyl (C=O) groups is 1. The Balaban J connectivity index is 3.34. The van der Waals surface area contributed by atoms with Gasteiger partial charge in [-0.15, -0.1) is 0 Å². The molecule has 1 aromatic heterocycles. The van der Waals surface area contributed by atoms with Crippen LogP contribution in [0.15, 0.2) is 0 Å². The summed E-state index contributed by atoms with van der Waals surface area (Å²) in [5.41, 5.74) is 1.96. The monoisotopic (exact) mass is 153 g/mol. The number of rotatable bonds is 1. The number of Topliss-reactive ketones (excluding diaryl/α,β-unsaturated/α-hetero) is 1. The van der Waals surface area contributed by atoms with E-state index < -0.39 is 0 Å². The molecular weight excluding hydrogens is 142 g/mol. The lowest BCUT2D eigenvalue weighted by Crippen LogP contribution is -1.94. The van der Waals surface area contributed by atoms with E-state index in [1.807, 2.05) is 0 Å². The third-order valence-electron chi connectivity index (χ3n) is 1.76. The molecule has 11 heavy (non-hydrogen) atoms. The third kappa shape index (κ3) is 1.13. The van der Waals surface area contributed by atoms with Crippen molar-refractivity contribution in [3.63, 3.8) is 0 Å². The van der Waals surface area contributed by atoms with Crippen LogP contribution in [0.5, 0.6) is 5.88 Å². The fourth-order valence-corrected chi connectivity index (χ4v) is 1.26. The Morgan fingerprint density at radius 2 is 2.00 bits per heavy atom. The molecule has 1 rings (SSSR count). The first-order chi connectivity index (χ1) is 5.04. The van der Waals surface area contributed by atoms with Gasteiger partial charge in [-0.05, 0) is 20.8 Å². The zero-order valence-corrected chi connectivity index (χ0v) is 6.86. The highest BCUT2D eigenvalue weighted by Gasteiger charge is 2.13. The van der Waals surface area contributed by atoms with Crippen LogP contribution in [0, 0.1) is 13.8 Å². The van der Waals surface area contributed by atoms with Gasteiger partial charge in [0.1, 0.15) is 0 Å². The second kappa shape index (κ2) is 2.42. The van der Waals surface area contributed by atoms with E-state index in [9.17, 15) is 4.79 Å². The average Bonchev–Trinajstić information content (AvgIpc) is 2.07. The number of ketones is 1. The predicted octanol–water partition coefficient (Wildman–Crippen LogP) is 1.54. The molecule has 1 heterocycles. The number of carbonyl (C=O) groups excluding carboxylic acids is 1. The number of nitrogens with one attached hydrogen (secondary N) is 1. The lowest BCUT2D eigenvalue weighted by Gasteiger charge is -1.93. The lowest BCUT2D eigenvalue weighted by molar-refractivity contribution is 0.101. The largest absolute Gasteiger partial charge is 0.494 e. The zero-order chi connectivity index (χ0) is 8.59. The van der Waals surface area contributed by atoms with E-state index in [1.54, 1.807) is 13.8 Å². The summed E-state index contributed by atoms with van der Waals surface area (Å²) in [5, 5.41) is 9.16. The molecule has 0 radical (unpaired) electrons. The van der Waals surface area contributed by atoms with Gasteiger partial charge >= 0.3 is 0 Å². The van der Waals surface area contributed by atoms with Crippen molar-refractivity contribution in [1.29, 1.82) is 0 Å². The van der Waals surface area contributed by atoms with Crippen molar-refractivity contribution in [3.05, 3.63) is 16.8 Å². The normalized spacial score (nSPS) is 10.1. The maximum atomic E-state index is 11.0. The smallest absolute Gasteiger partial charge is 0.192 e. The van der Waals surface area contributed by atoms with Crippen molar-refractivity contribution < 1.29 is 9.90 Å². The first-order valence-electron chi connectivity index (χ1n) is 3.43. The minimum atomic E-state index is -0.0171. The van der Waals surface area contributed by atoms with Crippen LogP contribution in [0.1, 0.15) is 28.5 Å². The Hall–Kier alpha value is -1.25. The Morgan fingerprint density at radius 3 is 2.18 bits per heavy atom. The summed E-state index contributed by atoms with van der Waals surface area (Å²) in [5.74, 6) is 0.0734. The summed E-state index contributed by atoms with van der Waals surface area (Å²) in [7, 11) is 0. The second-order valence-electron chi connectivity index (χ2n) is 2.65. The number of hydrogen-bond acceptors (Lipinski definition) is 2. The highest BCUT2D eigenvalue weighted by Crippen LogP contribution is 2.22. The number of aryl methyl sites for hydroxylation is 1. The lowest BCUT2D eigenvalue weighted by atomic mass is 10.1. The molecule has 0 amide bonds. The maximum absolute atomic E-state index is 11.0. The van der Waals surface area contributed by atoms with Crippen LogP contribution in [0.4, 0.5) is 0 Å². The molecule has 0 saturated carbocycles. The van der Waals surface area contributed by atoms with Gasteiger partial charge in [0.2, 0.25) is 0 Å². The van der Waals surface area contributed by atoms with E-state index in [4.69, 9.17) is 5.11 Å². The molecule has 0 aliphatic carbocycles. The van der Waals surface area contributed by atoms with Crippen molar-refractivity contribution >= 4 is 5.78 Å².